The largest absolute Gasteiger partial charge is 0.328 e. The summed E-state index contributed by atoms with van der Waals surface area (Å²) in [5, 5.41) is 14.3. The molecule has 5 rings (SSSR count). The summed E-state index contributed by atoms with van der Waals surface area (Å²) in [6.45, 7) is 7.29. The Morgan fingerprint density at radius 1 is 1.09 bits per heavy atom. The predicted molar refractivity (Wildman–Crippen MR) is 136 cm³/mol. The van der Waals surface area contributed by atoms with E-state index in [1.54, 1.807) is 0 Å². The fraction of sp³-hybridized carbons (Fsp3) is 0.444. The zero-order valence-electron chi connectivity index (χ0n) is 20.7. The lowest BCUT2D eigenvalue weighted by atomic mass is 10.0. The molecule has 0 saturated heterocycles. The molecule has 3 atom stereocenters. The first kappa shape index (κ1) is 23.2. The lowest BCUT2D eigenvalue weighted by Gasteiger charge is -2.15. The van der Waals surface area contributed by atoms with Crippen molar-refractivity contribution in [2.75, 3.05) is 0 Å². The summed E-state index contributed by atoms with van der Waals surface area (Å²) in [5.41, 5.74) is 4.93. The smallest absolute Gasteiger partial charge is 0.296 e. The number of benzene rings is 1. The fourth-order valence-corrected chi connectivity index (χ4v) is 5.48. The third-order valence-corrected chi connectivity index (χ3v) is 7.27. The van der Waals surface area contributed by atoms with Gasteiger partial charge in [-0.15, -0.1) is 5.10 Å². The zero-order valence-corrected chi connectivity index (χ0v) is 20.7. The van der Waals surface area contributed by atoms with Crippen LogP contribution in [0, 0.1) is 11.8 Å². The Hall–Kier alpha value is -3.55. The highest BCUT2D eigenvalue weighted by molar-refractivity contribution is 5.78. The van der Waals surface area contributed by atoms with Gasteiger partial charge in [-0.2, -0.15) is 0 Å². The summed E-state index contributed by atoms with van der Waals surface area (Å²) in [6.07, 6.45) is 9.36. The molecule has 0 aliphatic heterocycles. The Morgan fingerprint density at radius 2 is 1.91 bits per heavy atom. The molecule has 0 spiro atoms. The molecule has 8 nitrogen and oxygen atoms in total. The number of hydrogen-bond donors (Lipinski definition) is 1. The minimum atomic E-state index is 0.106. The Kier molecular flexibility index (Phi) is 6.61. The van der Waals surface area contributed by atoms with Crippen LogP contribution < -0.4 is 5.69 Å². The maximum absolute atomic E-state index is 13.5. The monoisotopic (exact) mass is 471 g/mol. The van der Waals surface area contributed by atoms with Gasteiger partial charge < -0.3 is 0 Å². The molecule has 1 aliphatic rings. The zero-order chi connectivity index (χ0) is 24.4. The number of aryl methyl sites for hydroxylation is 1. The molecule has 3 aromatic heterocycles. The SMILES string of the molecule is CCCCc1cn(C2CC(C)CC2C)c(=O)n1Cc1ccc(-c2ccccc2-c2nnn[nH]2)nc1. The van der Waals surface area contributed by atoms with Crippen molar-refractivity contribution in [3.05, 3.63) is 70.5 Å². The highest BCUT2D eigenvalue weighted by atomic mass is 16.1. The molecule has 182 valence electrons. The van der Waals surface area contributed by atoms with E-state index in [1.165, 1.54) is 6.42 Å². The molecule has 1 aromatic carbocycles. The van der Waals surface area contributed by atoms with Crippen molar-refractivity contribution in [2.45, 2.75) is 65.5 Å². The van der Waals surface area contributed by atoms with Gasteiger partial charge in [0.2, 0.25) is 0 Å². The van der Waals surface area contributed by atoms with E-state index in [-0.39, 0.29) is 5.69 Å². The van der Waals surface area contributed by atoms with E-state index >= 15 is 0 Å². The lowest BCUT2D eigenvalue weighted by molar-refractivity contribution is 0.393. The number of hydrogen-bond acceptors (Lipinski definition) is 5. The highest BCUT2D eigenvalue weighted by Crippen LogP contribution is 2.38. The van der Waals surface area contributed by atoms with E-state index in [0.29, 0.717) is 30.2 Å². The summed E-state index contributed by atoms with van der Waals surface area (Å²) in [4.78, 5) is 18.3. The Morgan fingerprint density at radius 3 is 2.57 bits per heavy atom. The quantitative estimate of drug-likeness (QED) is 0.395. The minimum Gasteiger partial charge on any atom is -0.296 e. The molecule has 8 heteroatoms. The van der Waals surface area contributed by atoms with Crippen molar-refractivity contribution in [1.82, 2.24) is 34.7 Å². The van der Waals surface area contributed by atoms with Crippen LogP contribution in [-0.4, -0.2) is 34.7 Å². The molecule has 1 saturated carbocycles. The maximum Gasteiger partial charge on any atom is 0.328 e. The van der Waals surface area contributed by atoms with Crippen LogP contribution >= 0.6 is 0 Å². The third-order valence-electron chi connectivity index (χ3n) is 7.27. The van der Waals surface area contributed by atoms with Crippen molar-refractivity contribution in [2.24, 2.45) is 11.8 Å². The number of H-pyrrole nitrogens is 1. The number of rotatable bonds is 8. The van der Waals surface area contributed by atoms with E-state index < -0.39 is 0 Å². The Labute approximate surface area is 205 Å². The lowest BCUT2D eigenvalue weighted by Crippen LogP contribution is -2.29. The van der Waals surface area contributed by atoms with Gasteiger partial charge in [-0.1, -0.05) is 57.5 Å². The average Bonchev–Trinajstić information content (AvgIpc) is 3.59. The standard InChI is InChI=1S/C27H33N7O/c1-4-5-8-21-17-34(25-14-18(2)13-19(25)3)27(35)33(21)16-20-11-12-24(28-15-20)22-9-6-7-10-23(22)26-29-31-32-30-26/h6-7,9-12,15,17-19,25H,4-5,8,13-14,16H2,1-3H3,(H,29,30,31,32). The van der Waals surface area contributed by atoms with Crippen LogP contribution in [0.15, 0.2) is 53.6 Å². The molecule has 1 fully saturated rings. The summed E-state index contributed by atoms with van der Waals surface area (Å²) < 4.78 is 3.97. The number of aromatic amines is 1. The van der Waals surface area contributed by atoms with Gasteiger partial charge in [0.1, 0.15) is 0 Å². The minimum absolute atomic E-state index is 0.106. The van der Waals surface area contributed by atoms with Gasteiger partial charge in [-0.3, -0.25) is 14.1 Å². The second-order valence-corrected chi connectivity index (χ2v) is 9.97. The molecule has 1 N–H and O–H groups in total. The van der Waals surface area contributed by atoms with Gasteiger partial charge in [-0.25, -0.2) is 9.89 Å². The van der Waals surface area contributed by atoms with Crippen molar-refractivity contribution in [3.63, 3.8) is 0 Å². The van der Waals surface area contributed by atoms with Gasteiger partial charge in [0, 0.05) is 35.3 Å². The Bertz CT molecular complexity index is 1320. The number of pyridine rings is 1. The van der Waals surface area contributed by atoms with Crippen LogP contribution in [0.1, 0.15) is 63.8 Å². The number of unbranched alkanes of at least 4 members (excludes halogenated alkanes) is 1. The van der Waals surface area contributed by atoms with Crippen molar-refractivity contribution < 1.29 is 0 Å². The fourth-order valence-electron chi connectivity index (χ4n) is 5.48. The molecule has 0 amide bonds. The number of nitrogens with zero attached hydrogens (tertiary/aromatic N) is 6. The molecule has 0 bridgehead atoms. The van der Waals surface area contributed by atoms with E-state index in [4.69, 9.17) is 4.98 Å². The van der Waals surface area contributed by atoms with Crippen LogP contribution in [0.3, 0.4) is 0 Å². The first-order valence-electron chi connectivity index (χ1n) is 12.6. The van der Waals surface area contributed by atoms with E-state index in [9.17, 15) is 4.79 Å². The van der Waals surface area contributed by atoms with Gasteiger partial charge in [0.05, 0.1) is 12.2 Å². The van der Waals surface area contributed by atoms with Gasteiger partial charge in [-0.05, 0) is 59.6 Å². The van der Waals surface area contributed by atoms with E-state index in [0.717, 1.165) is 53.8 Å². The predicted octanol–water partition coefficient (Wildman–Crippen LogP) is 4.89. The number of aromatic nitrogens is 7. The van der Waals surface area contributed by atoms with Crippen LogP contribution in [0.25, 0.3) is 22.6 Å². The third kappa shape index (κ3) is 4.70. The van der Waals surface area contributed by atoms with Crippen molar-refractivity contribution >= 4 is 0 Å². The average molecular weight is 472 g/mol. The van der Waals surface area contributed by atoms with Crippen LogP contribution in [-0.2, 0) is 13.0 Å². The van der Waals surface area contributed by atoms with Gasteiger partial charge in [0.25, 0.3) is 0 Å². The molecule has 3 heterocycles. The van der Waals surface area contributed by atoms with Gasteiger partial charge in [0.15, 0.2) is 5.82 Å². The second-order valence-electron chi connectivity index (χ2n) is 9.97. The van der Waals surface area contributed by atoms with Crippen LogP contribution in [0.2, 0.25) is 0 Å². The Balaban J connectivity index is 1.44. The van der Waals surface area contributed by atoms with Gasteiger partial charge >= 0.3 is 5.69 Å². The molecular weight excluding hydrogens is 438 g/mol. The molecule has 35 heavy (non-hydrogen) atoms. The van der Waals surface area contributed by atoms with E-state index in [1.807, 2.05) is 45.7 Å². The first-order chi connectivity index (χ1) is 17.0. The van der Waals surface area contributed by atoms with Crippen molar-refractivity contribution in [3.8, 4) is 22.6 Å². The number of imidazole rings is 1. The van der Waals surface area contributed by atoms with E-state index in [2.05, 4.69) is 53.7 Å². The number of nitrogens with one attached hydrogen (secondary N) is 1. The topological polar surface area (TPSA) is 94.3 Å². The second kappa shape index (κ2) is 9.98. The molecular formula is C27H33N7O. The summed E-state index contributed by atoms with van der Waals surface area (Å²) in [5.74, 6) is 1.80. The van der Waals surface area contributed by atoms with Crippen LogP contribution in [0.5, 0.6) is 0 Å². The molecule has 4 aromatic rings. The normalized spacial score (nSPS) is 19.9. The number of tetrazole rings is 1. The first-order valence-corrected chi connectivity index (χ1v) is 12.6. The summed E-state index contributed by atoms with van der Waals surface area (Å²) in [6, 6.07) is 12.3. The highest BCUT2D eigenvalue weighted by Gasteiger charge is 2.32. The maximum atomic E-state index is 13.5. The molecule has 0 radical (unpaired) electrons. The van der Waals surface area contributed by atoms with Crippen molar-refractivity contribution in [1.29, 1.82) is 0 Å². The summed E-state index contributed by atoms with van der Waals surface area (Å²) in [7, 11) is 0. The summed E-state index contributed by atoms with van der Waals surface area (Å²) >= 11 is 0. The molecule has 3 unspecified atom stereocenters. The van der Waals surface area contributed by atoms with Crippen LogP contribution in [0.4, 0.5) is 0 Å². The molecule has 1 aliphatic carbocycles.